The van der Waals surface area contributed by atoms with Gasteiger partial charge in [-0.3, -0.25) is 14.4 Å². The Morgan fingerprint density at radius 1 is 0.844 bits per heavy atom. The molecule has 8 bridgehead atoms. The van der Waals surface area contributed by atoms with Crippen molar-refractivity contribution in [3.05, 3.63) is 74.4 Å². The van der Waals surface area contributed by atoms with Crippen LogP contribution in [-0.2, 0) is 38.3 Å². The maximum absolute atomic E-state index is 14.5. The summed E-state index contributed by atoms with van der Waals surface area (Å²) < 4.78 is 11.2. The molecule has 10 atom stereocenters. The summed E-state index contributed by atoms with van der Waals surface area (Å²) in [6.07, 6.45) is 19.6. The van der Waals surface area contributed by atoms with E-state index in [2.05, 4.69) is 95.6 Å². The van der Waals surface area contributed by atoms with Crippen molar-refractivity contribution in [2.45, 2.75) is 196 Å². The first kappa shape index (κ1) is 49.7. The lowest BCUT2D eigenvalue weighted by atomic mass is 9.76. The SMILES string of the molecule is C=Cc1c2[nH]c(c1C)CC1NC(C(CCC(=O)OCC=C(C)CCCC(C)CCCC(C)CCCC(C)C)C1C)C1c3[nH]c(c(C)c3C(=O)C1C(=O)OC)CC1NC(C2)C(C)=C1CC. The molecule has 5 heterocycles. The summed E-state index contributed by atoms with van der Waals surface area (Å²) in [5.74, 6) is 0.181. The van der Waals surface area contributed by atoms with Gasteiger partial charge in [0.15, 0.2) is 5.78 Å². The second kappa shape index (κ2) is 22.2. The van der Waals surface area contributed by atoms with Gasteiger partial charge < -0.3 is 30.1 Å². The summed E-state index contributed by atoms with van der Waals surface area (Å²) in [7, 11) is 1.37. The van der Waals surface area contributed by atoms with Gasteiger partial charge in [-0.1, -0.05) is 116 Å². The number of Topliss-reactive ketones (excluding diaryl/α,β-unsaturated/α-hetero) is 1. The Kier molecular flexibility index (Phi) is 17.3. The molecule has 0 spiro atoms. The van der Waals surface area contributed by atoms with Crippen molar-refractivity contribution in [1.29, 1.82) is 0 Å². The van der Waals surface area contributed by atoms with E-state index in [1.807, 2.05) is 13.0 Å². The zero-order valence-electron chi connectivity index (χ0n) is 41.6. The number of esters is 2. The van der Waals surface area contributed by atoms with Crippen LogP contribution in [0.3, 0.4) is 0 Å². The van der Waals surface area contributed by atoms with Crippen LogP contribution in [0.5, 0.6) is 0 Å². The van der Waals surface area contributed by atoms with Gasteiger partial charge in [-0.25, -0.2) is 0 Å². The molecule has 10 unspecified atom stereocenters. The molecular formula is C55H84N4O5. The molecule has 1 fully saturated rings. The summed E-state index contributed by atoms with van der Waals surface area (Å²) >= 11 is 0. The minimum atomic E-state index is -0.964. The van der Waals surface area contributed by atoms with E-state index in [9.17, 15) is 14.4 Å². The molecule has 0 saturated carbocycles. The molecule has 6 rings (SSSR count). The number of aromatic amines is 2. The minimum Gasteiger partial charge on any atom is -0.468 e. The molecule has 2 aromatic heterocycles. The Balaban J connectivity index is 1.14. The second-order valence-corrected chi connectivity index (χ2v) is 21.1. The Bertz CT molecular complexity index is 2030. The predicted molar refractivity (Wildman–Crippen MR) is 261 cm³/mol. The molecule has 354 valence electrons. The molecule has 64 heavy (non-hydrogen) atoms. The van der Waals surface area contributed by atoms with E-state index in [4.69, 9.17) is 9.47 Å². The van der Waals surface area contributed by atoms with E-state index in [1.54, 1.807) is 0 Å². The van der Waals surface area contributed by atoms with Gasteiger partial charge in [0.25, 0.3) is 0 Å². The average Bonchev–Trinajstić information content (AvgIpc) is 3.99. The maximum atomic E-state index is 14.5. The Hall–Kier alpha value is -3.69. The number of carbonyl (C=O) groups is 3. The molecule has 9 heteroatoms. The van der Waals surface area contributed by atoms with Crippen molar-refractivity contribution in [3.8, 4) is 0 Å². The number of H-pyrrole nitrogens is 2. The van der Waals surface area contributed by atoms with E-state index >= 15 is 0 Å². The predicted octanol–water partition coefficient (Wildman–Crippen LogP) is 11.4. The van der Waals surface area contributed by atoms with Crippen molar-refractivity contribution in [1.82, 2.24) is 20.6 Å². The van der Waals surface area contributed by atoms with Crippen molar-refractivity contribution < 1.29 is 23.9 Å². The molecule has 2 aromatic rings. The zero-order valence-corrected chi connectivity index (χ0v) is 41.6. The van der Waals surface area contributed by atoms with Gasteiger partial charge in [-0.05, 0) is 106 Å². The highest BCUT2D eigenvalue weighted by Gasteiger charge is 2.56. The number of nitrogens with one attached hydrogen (secondary N) is 4. The van der Waals surface area contributed by atoms with Crippen LogP contribution >= 0.6 is 0 Å². The summed E-state index contributed by atoms with van der Waals surface area (Å²) in [5, 5.41) is 7.97. The van der Waals surface area contributed by atoms with E-state index < -0.39 is 17.8 Å². The summed E-state index contributed by atoms with van der Waals surface area (Å²) in [6, 6.07) is 0.0925. The maximum Gasteiger partial charge on any atom is 0.317 e. The van der Waals surface area contributed by atoms with Crippen molar-refractivity contribution in [2.75, 3.05) is 13.7 Å². The molecule has 1 saturated heterocycles. The Morgan fingerprint density at radius 3 is 2.16 bits per heavy atom. The monoisotopic (exact) mass is 881 g/mol. The van der Waals surface area contributed by atoms with Crippen LogP contribution in [0.25, 0.3) is 6.08 Å². The fourth-order valence-electron chi connectivity index (χ4n) is 12.2. The number of methoxy groups -OCH3 is 1. The number of rotatable bonds is 20. The largest absolute Gasteiger partial charge is 0.468 e. The van der Waals surface area contributed by atoms with Crippen LogP contribution < -0.4 is 10.6 Å². The second-order valence-electron chi connectivity index (χ2n) is 21.1. The third-order valence-electron chi connectivity index (χ3n) is 16.3. The highest BCUT2D eigenvalue weighted by atomic mass is 16.5. The van der Waals surface area contributed by atoms with Gasteiger partial charge in [0.1, 0.15) is 12.5 Å². The summed E-state index contributed by atoms with van der Waals surface area (Å²) in [6.45, 7) is 27.1. The van der Waals surface area contributed by atoms with Crippen LogP contribution in [0.15, 0.2) is 29.4 Å². The number of ketones is 1. The number of allylic oxidation sites excluding steroid dienone is 1. The van der Waals surface area contributed by atoms with Crippen molar-refractivity contribution >= 4 is 23.8 Å². The number of aromatic nitrogens is 2. The Labute approximate surface area is 386 Å². The van der Waals surface area contributed by atoms with Gasteiger partial charge in [-0.2, -0.15) is 0 Å². The lowest BCUT2D eigenvalue weighted by Gasteiger charge is -2.30. The highest BCUT2D eigenvalue weighted by Crippen LogP contribution is 2.49. The fraction of sp³-hybridized carbons (Fsp3) is 0.691. The molecule has 4 N–H and O–H groups in total. The van der Waals surface area contributed by atoms with E-state index in [-0.39, 0.29) is 60.8 Å². The molecular weight excluding hydrogens is 797 g/mol. The number of fused-ring (bicyclic) bond motifs is 8. The summed E-state index contributed by atoms with van der Waals surface area (Å²) in [5.41, 5.74) is 12.2. The number of carbonyl (C=O) groups excluding carboxylic acids is 3. The van der Waals surface area contributed by atoms with Crippen LogP contribution in [-0.4, -0.2) is 65.6 Å². The molecule has 3 aliphatic heterocycles. The third kappa shape index (κ3) is 11.1. The quantitative estimate of drug-likeness (QED) is 0.0593. The molecule has 0 radical (unpaired) electrons. The first-order valence-corrected chi connectivity index (χ1v) is 25.3. The van der Waals surface area contributed by atoms with Crippen molar-refractivity contribution in [2.24, 2.45) is 35.5 Å². The third-order valence-corrected chi connectivity index (χ3v) is 16.3. The first-order valence-electron chi connectivity index (χ1n) is 25.3. The van der Waals surface area contributed by atoms with Crippen LogP contribution in [0.1, 0.15) is 188 Å². The van der Waals surface area contributed by atoms with E-state index in [1.165, 1.54) is 91.3 Å². The van der Waals surface area contributed by atoms with Gasteiger partial charge in [0, 0.05) is 84.1 Å². The zero-order chi connectivity index (χ0) is 46.4. The van der Waals surface area contributed by atoms with Crippen LogP contribution in [0.2, 0.25) is 0 Å². The topological polar surface area (TPSA) is 125 Å². The number of hydrogen-bond donors (Lipinski definition) is 4. The standard InChI is InChI=1S/C55H84N4O5/c1-13-39-35(8)42-28-44-37(10)41(24-25-48(60)64-27-26-34(7)23-17-22-33(6)21-16-20-32(5)19-15-18-31(3)4)52(58-44)50-51(55(62)63-12)54(61)49-38(11)45(59-53(49)50)30-47-40(14-2)36(9)43(57-47)29-46(39)56-42/h13,26,31-33,37,41,43-44,47,50-52,56-59H,1,14-25,27-30H2,2-12H3. The highest BCUT2D eigenvalue weighted by molar-refractivity contribution is 6.14. The number of ether oxygens (including phenoxy) is 2. The van der Waals surface area contributed by atoms with E-state index in [0.717, 1.165) is 73.2 Å². The van der Waals surface area contributed by atoms with Gasteiger partial charge >= 0.3 is 11.9 Å². The first-order chi connectivity index (χ1) is 30.6. The molecule has 1 aliphatic carbocycles. The molecule has 0 aromatic carbocycles. The Morgan fingerprint density at radius 2 is 1.50 bits per heavy atom. The fourth-order valence-corrected chi connectivity index (χ4v) is 12.2. The van der Waals surface area contributed by atoms with Gasteiger partial charge in [0.05, 0.1) is 7.11 Å². The molecule has 9 nitrogen and oxygen atoms in total. The smallest absolute Gasteiger partial charge is 0.317 e. The molecule has 0 amide bonds. The normalized spacial score (nSPS) is 26.5. The van der Waals surface area contributed by atoms with Gasteiger partial charge in [0.2, 0.25) is 0 Å². The summed E-state index contributed by atoms with van der Waals surface area (Å²) in [4.78, 5) is 49.3. The number of hydrogen-bond acceptors (Lipinski definition) is 7. The lowest BCUT2D eigenvalue weighted by Crippen LogP contribution is -2.42. The average molecular weight is 881 g/mol. The van der Waals surface area contributed by atoms with Gasteiger partial charge in [-0.15, -0.1) is 0 Å². The van der Waals surface area contributed by atoms with Crippen molar-refractivity contribution in [3.63, 3.8) is 0 Å². The van der Waals surface area contributed by atoms with Crippen LogP contribution in [0, 0.1) is 49.4 Å². The minimum absolute atomic E-state index is 0.00730. The van der Waals surface area contributed by atoms with Crippen LogP contribution in [0.4, 0.5) is 0 Å². The lowest BCUT2D eigenvalue weighted by molar-refractivity contribution is -0.145. The van der Waals surface area contributed by atoms with E-state index in [0.29, 0.717) is 12.0 Å². The molecule has 4 aliphatic rings.